The third-order valence-electron chi connectivity index (χ3n) is 5.98. The summed E-state index contributed by atoms with van der Waals surface area (Å²) in [5.41, 5.74) is 12.1. The Kier molecular flexibility index (Phi) is 12.1. The van der Waals surface area contributed by atoms with Gasteiger partial charge in [-0.25, -0.2) is 9.78 Å². The molecule has 10 N–H and O–H groups in total. The van der Waals surface area contributed by atoms with E-state index in [1.165, 1.54) is 24.7 Å². The lowest BCUT2D eigenvalue weighted by Gasteiger charge is -2.26. The number of carboxylic acid groups (broad SMARTS) is 1. The van der Waals surface area contributed by atoms with Crippen molar-refractivity contribution in [3.05, 3.63) is 48.0 Å². The lowest BCUT2D eigenvalue weighted by atomic mass is 10.0. The van der Waals surface area contributed by atoms with Gasteiger partial charge in [0.15, 0.2) is 0 Å². The Morgan fingerprint density at radius 3 is 2.08 bits per heavy atom. The topological polar surface area (TPSA) is 243 Å². The van der Waals surface area contributed by atoms with Crippen molar-refractivity contribution in [2.45, 2.75) is 70.1 Å². The molecule has 0 saturated heterocycles. The lowest BCUT2D eigenvalue weighted by Crippen LogP contribution is -2.58. The summed E-state index contributed by atoms with van der Waals surface area (Å²) in [5, 5.41) is 26.8. The Morgan fingerprint density at radius 2 is 1.52 bits per heavy atom. The molecular weight excluding hydrogens is 522 g/mol. The minimum absolute atomic E-state index is 0.00522. The van der Waals surface area contributed by atoms with Crippen LogP contribution in [0.5, 0.6) is 5.75 Å². The number of imidazole rings is 1. The third kappa shape index (κ3) is 10.7. The van der Waals surface area contributed by atoms with E-state index < -0.39 is 53.8 Å². The molecule has 0 radical (unpaired) electrons. The van der Waals surface area contributed by atoms with Gasteiger partial charge in [-0.05, 0) is 36.5 Å². The minimum atomic E-state index is -1.30. The van der Waals surface area contributed by atoms with Gasteiger partial charge in [-0.1, -0.05) is 26.0 Å². The monoisotopic (exact) mass is 559 g/mol. The first-order valence-corrected chi connectivity index (χ1v) is 12.8. The van der Waals surface area contributed by atoms with Crippen LogP contribution < -0.4 is 27.4 Å². The van der Waals surface area contributed by atoms with Crippen LogP contribution in [-0.2, 0) is 36.8 Å². The van der Waals surface area contributed by atoms with Crippen LogP contribution in [-0.4, -0.2) is 73.9 Å². The second kappa shape index (κ2) is 15.2. The van der Waals surface area contributed by atoms with Crippen molar-refractivity contribution in [2.75, 3.05) is 0 Å². The van der Waals surface area contributed by atoms with Crippen molar-refractivity contribution >= 4 is 29.6 Å². The van der Waals surface area contributed by atoms with Crippen molar-refractivity contribution in [1.82, 2.24) is 25.9 Å². The van der Waals surface area contributed by atoms with Crippen molar-refractivity contribution in [2.24, 2.45) is 17.4 Å². The summed E-state index contributed by atoms with van der Waals surface area (Å²) < 4.78 is 0. The molecule has 14 heteroatoms. The molecule has 2 rings (SSSR count). The highest BCUT2D eigenvalue weighted by Crippen LogP contribution is 2.13. The maximum atomic E-state index is 13.3. The van der Waals surface area contributed by atoms with E-state index in [9.17, 15) is 34.2 Å². The number of benzene rings is 1. The highest BCUT2D eigenvalue weighted by molar-refractivity contribution is 5.94. The van der Waals surface area contributed by atoms with Gasteiger partial charge in [0.25, 0.3) is 0 Å². The summed E-state index contributed by atoms with van der Waals surface area (Å²) in [6, 6.07) is 1.23. The normalized spacial score (nSPS) is 14.0. The standard InChI is InChI=1S/C26H37N7O7/c1-14(2)9-19(24(37)33-21(26(39)40)10-15-3-5-17(34)6-4-15)32-25(38)20(11-16-12-29-13-30-16)31-23(36)18(27)7-8-22(28)35/h3-6,12-14,18-21,34H,7-11,27H2,1-2H3,(H2,28,35)(H,29,30)(H,31,36)(H,32,38)(H,33,37)(H,39,40). The number of nitrogens with one attached hydrogen (secondary N) is 4. The van der Waals surface area contributed by atoms with Gasteiger partial charge in [0.1, 0.15) is 23.9 Å². The average molecular weight is 560 g/mol. The summed E-state index contributed by atoms with van der Waals surface area (Å²) in [4.78, 5) is 68.9. The molecule has 4 amide bonds. The number of hydrogen-bond donors (Lipinski definition) is 8. The number of carbonyl (C=O) groups excluding carboxylic acids is 4. The number of carbonyl (C=O) groups is 5. The van der Waals surface area contributed by atoms with Gasteiger partial charge >= 0.3 is 5.97 Å². The molecule has 4 unspecified atom stereocenters. The molecule has 0 spiro atoms. The van der Waals surface area contributed by atoms with Crippen LogP contribution in [0.3, 0.4) is 0 Å². The van der Waals surface area contributed by atoms with Crippen LogP contribution in [0.2, 0.25) is 0 Å². The second-order valence-corrected chi connectivity index (χ2v) is 9.91. The Bertz CT molecular complexity index is 1150. The molecule has 0 fully saturated rings. The van der Waals surface area contributed by atoms with Crippen LogP contribution in [0.4, 0.5) is 0 Å². The maximum Gasteiger partial charge on any atom is 0.326 e. The number of hydrogen-bond acceptors (Lipinski definition) is 8. The fourth-order valence-corrected chi connectivity index (χ4v) is 3.85. The zero-order valence-electron chi connectivity index (χ0n) is 22.4. The number of phenols is 1. The van der Waals surface area contributed by atoms with Crippen LogP contribution >= 0.6 is 0 Å². The van der Waals surface area contributed by atoms with Crippen molar-refractivity contribution in [3.8, 4) is 5.75 Å². The number of phenolic OH excluding ortho intramolecular Hbond substituents is 1. The number of primary amides is 1. The molecule has 218 valence electrons. The Balaban J connectivity index is 2.18. The molecule has 14 nitrogen and oxygen atoms in total. The van der Waals surface area contributed by atoms with Gasteiger partial charge in [-0.3, -0.25) is 19.2 Å². The van der Waals surface area contributed by atoms with Gasteiger partial charge in [0.2, 0.25) is 23.6 Å². The molecule has 4 atom stereocenters. The molecule has 1 aromatic carbocycles. The lowest BCUT2D eigenvalue weighted by molar-refractivity contribution is -0.142. The first-order valence-electron chi connectivity index (χ1n) is 12.8. The predicted molar refractivity (Wildman–Crippen MR) is 143 cm³/mol. The van der Waals surface area contributed by atoms with Crippen molar-refractivity contribution < 1.29 is 34.2 Å². The molecule has 0 aliphatic rings. The molecule has 0 aliphatic carbocycles. The van der Waals surface area contributed by atoms with E-state index in [0.717, 1.165) is 0 Å². The molecule has 40 heavy (non-hydrogen) atoms. The number of H-pyrrole nitrogens is 1. The number of rotatable bonds is 16. The van der Waals surface area contributed by atoms with Crippen molar-refractivity contribution in [3.63, 3.8) is 0 Å². The molecule has 0 saturated carbocycles. The number of nitrogens with zero attached hydrogens (tertiary/aromatic N) is 1. The highest BCUT2D eigenvalue weighted by atomic mass is 16.4. The molecule has 1 heterocycles. The summed E-state index contributed by atoms with van der Waals surface area (Å²) in [5.74, 6) is -4.03. The fraction of sp³-hybridized carbons (Fsp3) is 0.462. The number of amides is 4. The van der Waals surface area contributed by atoms with E-state index in [-0.39, 0.29) is 43.8 Å². The third-order valence-corrected chi connectivity index (χ3v) is 5.98. The van der Waals surface area contributed by atoms with E-state index in [2.05, 4.69) is 25.9 Å². The summed E-state index contributed by atoms with van der Waals surface area (Å²) >= 11 is 0. The number of aromatic amines is 1. The van der Waals surface area contributed by atoms with E-state index in [4.69, 9.17) is 11.5 Å². The summed E-state index contributed by atoms with van der Waals surface area (Å²) in [6.07, 6.45) is 2.87. The van der Waals surface area contributed by atoms with Gasteiger partial charge in [0.05, 0.1) is 12.4 Å². The number of nitrogens with two attached hydrogens (primary N) is 2. The maximum absolute atomic E-state index is 13.3. The molecule has 2 aromatic rings. The van der Waals surface area contributed by atoms with Crippen LogP contribution in [0.15, 0.2) is 36.8 Å². The van der Waals surface area contributed by atoms with E-state index in [0.29, 0.717) is 11.3 Å². The van der Waals surface area contributed by atoms with Gasteiger partial charge in [-0.15, -0.1) is 0 Å². The van der Waals surface area contributed by atoms with E-state index in [1.807, 2.05) is 13.8 Å². The number of aliphatic carboxylic acids is 1. The van der Waals surface area contributed by atoms with Crippen LogP contribution in [0.1, 0.15) is 44.4 Å². The van der Waals surface area contributed by atoms with Crippen LogP contribution in [0.25, 0.3) is 0 Å². The fourth-order valence-electron chi connectivity index (χ4n) is 3.85. The number of aromatic nitrogens is 2. The van der Waals surface area contributed by atoms with E-state index >= 15 is 0 Å². The SMILES string of the molecule is CC(C)CC(NC(=O)C(Cc1cnc[nH]1)NC(=O)C(N)CCC(N)=O)C(=O)NC(Cc1ccc(O)cc1)C(=O)O. The molecule has 0 aliphatic heterocycles. The highest BCUT2D eigenvalue weighted by Gasteiger charge is 2.31. The zero-order valence-corrected chi connectivity index (χ0v) is 22.4. The second-order valence-electron chi connectivity index (χ2n) is 9.91. The Labute approximate surface area is 231 Å². The van der Waals surface area contributed by atoms with Gasteiger partial charge in [-0.2, -0.15) is 0 Å². The average Bonchev–Trinajstić information content (AvgIpc) is 3.40. The molecular formula is C26H37N7O7. The predicted octanol–water partition coefficient (Wildman–Crippen LogP) is -0.922. The molecule has 1 aromatic heterocycles. The zero-order chi connectivity index (χ0) is 29.8. The van der Waals surface area contributed by atoms with Crippen molar-refractivity contribution in [1.29, 1.82) is 0 Å². The Morgan fingerprint density at radius 1 is 0.925 bits per heavy atom. The Hall–Kier alpha value is -4.46. The summed E-state index contributed by atoms with van der Waals surface area (Å²) in [6.45, 7) is 3.67. The smallest absolute Gasteiger partial charge is 0.326 e. The molecule has 0 bridgehead atoms. The van der Waals surface area contributed by atoms with Gasteiger partial charge in [0, 0.05) is 31.2 Å². The number of aromatic hydroxyl groups is 1. The minimum Gasteiger partial charge on any atom is -0.508 e. The first-order chi connectivity index (χ1) is 18.8. The largest absolute Gasteiger partial charge is 0.508 e. The quantitative estimate of drug-likeness (QED) is 0.127. The first kappa shape index (κ1) is 31.8. The van der Waals surface area contributed by atoms with E-state index in [1.54, 1.807) is 12.1 Å². The summed E-state index contributed by atoms with van der Waals surface area (Å²) in [7, 11) is 0. The number of carboxylic acids is 1. The van der Waals surface area contributed by atoms with Crippen LogP contribution in [0, 0.1) is 5.92 Å². The van der Waals surface area contributed by atoms with Gasteiger partial charge < -0.3 is 42.6 Å².